The Kier molecular flexibility index (Phi) is 5.48. The maximum atomic E-state index is 10.6. The van der Waals surface area contributed by atoms with Crippen LogP contribution >= 0.6 is 0 Å². The normalized spacial score (nSPS) is 19.3. The van der Waals surface area contributed by atoms with Crippen LogP contribution in [0.15, 0.2) is 0 Å². The van der Waals surface area contributed by atoms with Gasteiger partial charge in [-0.25, -0.2) is 13.6 Å². The molecule has 90 valence electrons. The summed E-state index contributed by atoms with van der Waals surface area (Å²) in [5, 5.41) is 7.91. The van der Waals surface area contributed by atoms with Crippen LogP contribution < -0.4 is 10.5 Å². The zero-order valence-electron chi connectivity index (χ0n) is 8.81. The summed E-state index contributed by atoms with van der Waals surface area (Å²) in [5.41, 5.74) is 0. The first-order valence-electron chi connectivity index (χ1n) is 5.09. The lowest BCUT2D eigenvalue weighted by atomic mass is 10.4. The standard InChI is InChI=1S/C8H19N3O3S/c9-15(12,13)8-2-10-1-3-11-4-6-14-7-5-11/h10H,1-8H2,(H2,9,12,13). The highest BCUT2D eigenvalue weighted by Gasteiger charge is 2.09. The van der Waals surface area contributed by atoms with Crippen LogP contribution in [0.4, 0.5) is 0 Å². The summed E-state index contributed by atoms with van der Waals surface area (Å²) in [5.74, 6) is -0.00386. The van der Waals surface area contributed by atoms with Crippen LogP contribution in [0.1, 0.15) is 0 Å². The Balaban J connectivity index is 1.96. The van der Waals surface area contributed by atoms with Gasteiger partial charge in [-0.05, 0) is 0 Å². The molecule has 3 N–H and O–H groups in total. The first-order valence-corrected chi connectivity index (χ1v) is 6.81. The quantitative estimate of drug-likeness (QED) is 0.532. The summed E-state index contributed by atoms with van der Waals surface area (Å²) in [6.45, 7) is 5.62. The van der Waals surface area contributed by atoms with Crippen molar-refractivity contribution in [2.75, 3.05) is 51.7 Å². The second kappa shape index (κ2) is 6.39. The van der Waals surface area contributed by atoms with Gasteiger partial charge in [0.05, 0.1) is 19.0 Å². The lowest BCUT2D eigenvalue weighted by Crippen LogP contribution is -2.41. The van der Waals surface area contributed by atoms with Crippen molar-refractivity contribution in [3.63, 3.8) is 0 Å². The first-order chi connectivity index (χ1) is 7.08. The molecule has 0 unspecified atom stereocenters. The molecule has 0 aliphatic carbocycles. The van der Waals surface area contributed by atoms with E-state index in [0.717, 1.165) is 39.4 Å². The van der Waals surface area contributed by atoms with Crippen LogP contribution in [0.25, 0.3) is 0 Å². The SMILES string of the molecule is NS(=O)(=O)CCNCCN1CCOCC1. The predicted octanol–water partition coefficient (Wildman–Crippen LogP) is -1.80. The van der Waals surface area contributed by atoms with Crippen molar-refractivity contribution in [3.05, 3.63) is 0 Å². The molecule has 1 saturated heterocycles. The second-order valence-electron chi connectivity index (χ2n) is 3.57. The molecule has 1 rings (SSSR count). The fourth-order valence-corrected chi connectivity index (χ4v) is 1.83. The summed E-state index contributed by atoms with van der Waals surface area (Å²) in [6.07, 6.45) is 0. The number of hydrogen-bond donors (Lipinski definition) is 2. The third kappa shape index (κ3) is 6.80. The van der Waals surface area contributed by atoms with Gasteiger partial charge in [0.2, 0.25) is 10.0 Å². The average Bonchev–Trinajstić information content (AvgIpc) is 2.17. The van der Waals surface area contributed by atoms with Gasteiger partial charge in [-0.3, -0.25) is 4.90 Å². The van der Waals surface area contributed by atoms with Crippen molar-refractivity contribution in [2.24, 2.45) is 5.14 Å². The molecule has 0 aromatic carbocycles. The molecule has 1 fully saturated rings. The van der Waals surface area contributed by atoms with Crippen LogP contribution in [-0.4, -0.2) is 65.0 Å². The van der Waals surface area contributed by atoms with Gasteiger partial charge < -0.3 is 10.1 Å². The Morgan fingerprint density at radius 3 is 2.53 bits per heavy atom. The Bertz CT molecular complexity index is 262. The van der Waals surface area contributed by atoms with Crippen molar-refractivity contribution in [1.82, 2.24) is 10.2 Å². The van der Waals surface area contributed by atoms with Crippen LogP contribution in [-0.2, 0) is 14.8 Å². The maximum absolute atomic E-state index is 10.6. The minimum absolute atomic E-state index is 0.00386. The van der Waals surface area contributed by atoms with E-state index in [1.807, 2.05) is 0 Å². The van der Waals surface area contributed by atoms with Gasteiger partial charge in [-0.1, -0.05) is 0 Å². The molecule has 1 heterocycles. The number of nitrogens with zero attached hydrogens (tertiary/aromatic N) is 1. The lowest BCUT2D eigenvalue weighted by molar-refractivity contribution is 0.0385. The number of hydrogen-bond acceptors (Lipinski definition) is 5. The Morgan fingerprint density at radius 1 is 1.27 bits per heavy atom. The molecule has 1 aliphatic rings. The van der Waals surface area contributed by atoms with Gasteiger partial charge in [0, 0.05) is 32.7 Å². The molecule has 0 bridgehead atoms. The summed E-state index contributed by atoms with van der Waals surface area (Å²) in [7, 11) is -3.33. The fraction of sp³-hybridized carbons (Fsp3) is 1.00. The smallest absolute Gasteiger partial charge is 0.210 e. The van der Waals surface area contributed by atoms with E-state index in [1.165, 1.54) is 0 Å². The summed E-state index contributed by atoms with van der Waals surface area (Å²) >= 11 is 0. The van der Waals surface area contributed by atoms with Crippen molar-refractivity contribution >= 4 is 10.0 Å². The Morgan fingerprint density at radius 2 is 1.93 bits per heavy atom. The number of primary sulfonamides is 1. The van der Waals surface area contributed by atoms with E-state index in [2.05, 4.69) is 10.2 Å². The van der Waals surface area contributed by atoms with Gasteiger partial charge in [-0.15, -0.1) is 0 Å². The Hall–Kier alpha value is -0.210. The van der Waals surface area contributed by atoms with Crippen LogP contribution in [0.2, 0.25) is 0 Å². The van der Waals surface area contributed by atoms with Gasteiger partial charge >= 0.3 is 0 Å². The van der Waals surface area contributed by atoms with E-state index < -0.39 is 10.0 Å². The molecule has 0 aromatic heterocycles. The largest absolute Gasteiger partial charge is 0.379 e. The van der Waals surface area contributed by atoms with Crippen LogP contribution in [0.5, 0.6) is 0 Å². The first kappa shape index (κ1) is 12.9. The minimum atomic E-state index is -3.33. The number of sulfonamides is 1. The molecule has 0 amide bonds. The third-order valence-corrected chi connectivity index (χ3v) is 3.05. The summed E-state index contributed by atoms with van der Waals surface area (Å²) in [6, 6.07) is 0. The molecule has 0 radical (unpaired) electrons. The summed E-state index contributed by atoms with van der Waals surface area (Å²) in [4.78, 5) is 2.29. The van der Waals surface area contributed by atoms with Gasteiger partial charge in [0.1, 0.15) is 0 Å². The highest BCUT2D eigenvalue weighted by Crippen LogP contribution is 1.94. The van der Waals surface area contributed by atoms with Crippen LogP contribution in [0, 0.1) is 0 Å². The zero-order valence-corrected chi connectivity index (χ0v) is 9.63. The molecule has 0 saturated carbocycles. The maximum Gasteiger partial charge on any atom is 0.210 e. The summed E-state index contributed by atoms with van der Waals surface area (Å²) < 4.78 is 26.4. The zero-order chi connectivity index (χ0) is 11.1. The second-order valence-corrected chi connectivity index (χ2v) is 5.30. The molecule has 0 atom stereocenters. The molecule has 7 heteroatoms. The molecule has 0 aromatic rings. The number of nitrogens with one attached hydrogen (secondary N) is 1. The van der Waals surface area contributed by atoms with E-state index in [0.29, 0.717) is 6.54 Å². The van der Waals surface area contributed by atoms with E-state index in [9.17, 15) is 8.42 Å². The predicted molar refractivity (Wildman–Crippen MR) is 58.1 cm³/mol. The van der Waals surface area contributed by atoms with Gasteiger partial charge in [0.25, 0.3) is 0 Å². The highest BCUT2D eigenvalue weighted by atomic mass is 32.2. The third-order valence-electron chi connectivity index (χ3n) is 2.27. The fourth-order valence-electron chi connectivity index (χ4n) is 1.40. The number of morpholine rings is 1. The number of rotatable bonds is 6. The number of ether oxygens (including phenoxy) is 1. The monoisotopic (exact) mass is 237 g/mol. The molecule has 1 aliphatic heterocycles. The van der Waals surface area contributed by atoms with Crippen molar-refractivity contribution in [1.29, 1.82) is 0 Å². The van der Waals surface area contributed by atoms with Gasteiger partial charge in [0.15, 0.2) is 0 Å². The molecule has 0 spiro atoms. The topological polar surface area (TPSA) is 84.7 Å². The van der Waals surface area contributed by atoms with E-state index in [4.69, 9.17) is 9.88 Å². The Labute approximate surface area is 90.8 Å². The molecule has 6 nitrogen and oxygen atoms in total. The lowest BCUT2D eigenvalue weighted by Gasteiger charge is -2.26. The van der Waals surface area contributed by atoms with Gasteiger partial charge in [-0.2, -0.15) is 0 Å². The molecule has 15 heavy (non-hydrogen) atoms. The number of nitrogens with two attached hydrogens (primary N) is 1. The van der Waals surface area contributed by atoms with Crippen molar-refractivity contribution in [2.45, 2.75) is 0 Å². The van der Waals surface area contributed by atoms with Crippen LogP contribution in [0.3, 0.4) is 0 Å². The minimum Gasteiger partial charge on any atom is -0.379 e. The van der Waals surface area contributed by atoms with Crippen molar-refractivity contribution in [3.8, 4) is 0 Å². The van der Waals surface area contributed by atoms with Crippen molar-refractivity contribution < 1.29 is 13.2 Å². The average molecular weight is 237 g/mol. The molecular formula is C8H19N3O3S. The van der Waals surface area contributed by atoms with E-state index in [-0.39, 0.29) is 5.75 Å². The highest BCUT2D eigenvalue weighted by molar-refractivity contribution is 7.89. The van der Waals surface area contributed by atoms with E-state index in [1.54, 1.807) is 0 Å². The molecular weight excluding hydrogens is 218 g/mol. The van der Waals surface area contributed by atoms with E-state index >= 15 is 0 Å².